The first kappa shape index (κ1) is 27.3. The summed E-state index contributed by atoms with van der Waals surface area (Å²) in [4.78, 5) is 29.5. The summed E-state index contributed by atoms with van der Waals surface area (Å²) in [6, 6.07) is 10.4. The summed E-state index contributed by atoms with van der Waals surface area (Å²) in [7, 11) is 0. The molecule has 37 heavy (non-hydrogen) atoms. The van der Waals surface area contributed by atoms with Gasteiger partial charge in [0.05, 0.1) is 4.70 Å². The Balaban J connectivity index is 1.22. The number of H-pyrrole nitrogens is 1. The molecule has 1 fully saturated rings. The van der Waals surface area contributed by atoms with Crippen LogP contribution in [0.2, 0.25) is 0 Å². The first-order valence-electron chi connectivity index (χ1n) is 13.3. The van der Waals surface area contributed by atoms with Gasteiger partial charge in [-0.3, -0.25) is 9.59 Å². The molecule has 1 aliphatic rings. The number of hydrogen-bond donors (Lipinski definition) is 4. The van der Waals surface area contributed by atoms with Crippen molar-refractivity contribution in [1.29, 1.82) is 0 Å². The van der Waals surface area contributed by atoms with Crippen LogP contribution in [0.25, 0.3) is 10.2 Å². The summed E-state index contributed by atoms with van der Waals surface area (Å²) in [5.41, 5.74) is 2.48. The number of nitrogens with zero attached hydrogens (tertiary/aromatic N) is 1. The predicted molar refractivity (Wildman–Crippen MR) is 147 cm³/mol. The highest BCUT2D eigenvalue weighted by Crippen LogP contribution is 2.28. The molecule has 0 aliphatic heterocycles. The number of amides is 1. The van der Waals surface area contributed by atoms with E-state index in [4.69, 9.17) is 0 Å². The van der Waals surface area contributed by atoms with Crippen LogP contribution in [0.3, 0.4) is 0 Å². The van der Waals surface area contributed by atoms with Gasteiger partial charge in [0.25, 0.3) is 0 Å². The molecule has 1 amide bonds. The van der Waals surface area contributed by atoms with Crippen LogP contribution in [0.5, 0.6) is 5.75 Å². The molecule has 4 rings (SSSR count). The van der Waals surface area contributed by atoms with E-state index in [-0.39, 0.29) is 22.3 Å². The first-order chi connectivity index (χ1) is 18.0. The Morgan fingerprint density at radius 1 is 1.05 bits per heavy atom. The summed E-state index contributed by atoms with van der Waals surface area (Å²) in [5, 5.41) is 16.8. The Labute approximate surface area is 221 Å². The number of phenols is 1. The van der Waals surface area contributed by atoms with Crippen molar-refractivity contribution in [1.82, 2.24) is 20.5 Å². The highest BCUT2D eigenvalue weighted by atomic mass is 32.1. The number of carbonyl (C=O) groups is 1. The largest absolute Gasteiger partial charge is 0.506 e. The molecule has 200 valence electrons. The highest BCUT2D eigenvalue weighted by Gasteiger charge is 2.24. The quantitative estimate of drug-likeness (QED) is 0.252. The molecule has 0 radical (unpaired) electrons. The van der Waals surface area contributed by atoms with E-state index in [1.54, 1.807) is 18.2 Å². The standard InChI is InChI=1S/C28H37FN4O3S/c29-22-6-4-5-20(19-22)11-14-30-16-13-25(35)33(23-7-2-1-3-8-23)18-17-31-15-12-21-9-10-24(34)26-27(21)37-28(36)32-26/h4-6,9-10,19,23,30-31,34H,1-3,7-8,11-18H2,(H,32,36). The van der Waals surface area contributed by atoms with E-state index >= 15 is 0 Å². The van der Waals surface area contributed by atoms with E-state index in [1.807, 2.05) is 12.1 Å². The number of aromatic nitrogens is 1. The SMILES string of the molecule is O=C(CCNCCc1cccc(F)c1)N(CCNCCc1ccc(O)c2[nH]c(=O)sc12)C1CCCCC1. The predicted octanol–water partition coefficient (Wildman–Crippen LogP) is 3.95. The zero-order valence-electron chi connectivity index (χ0n) is 21.2. The summed E-state index contributed by atoms with van der Waals surface area (Å²) in [6.45, 7) is 3.43. The van der Waals surface area contributed by atoms with Gasteiger partial charge in [0.2, 0.25) is 5.91 Å². The van der Waals surface area contributed by atoms with Crippen molar-refractivity contribution in [3.8, 4) is 5.75 Å². The molecule has 0 spiro atoms. The van der Waals surface area contributed by atoms with Gasteiger partial charge < -0.3 is 25.6 Å². The molecule has 0 unspecified atom stereocenters. The fourth-order valence-corrected chi connectivity index (χ4v) is 6.01. The Morgan fingerprint density at radius 3 is 2.65 bits per heavy atom. The number of rotatable bonds is 13. The number of benzene rings is 2. The number of nitrogens with one attached hydrogen (secondary N) is 3. The first-order valence-corrected chi connectivity index (χ1v) is 14.1. The summed E-state index contributed by atoms with van der Waals surface area (Å²) in [6.07, 6.45) is 7.64. The molecule has 2 aromatic carbocycles. The van der Waals surface area contributed by atoms with E-state index in [0.29, 0.717) is 44.2 Å². The lowest BCUT2D eigenvalue weighted by Crippen LogP contribution is -2.45. The van der Waals surface area contributed by atoms with Gasteiger partial charge in [-0.05, 0) is 68.1 Å². The molecule has 0 saturated heterocycles. The topological polar surface area (TPSA) is 97.5 Å². The molecular weight excluding hydrogens is 491 g/mol. The van der Waals surface area contributed by atoms with Crippen LogP contribution < -0.4 is 15.5 Å². The third-order valence-electron chi connectivity index (χ3n) is 7.07. The fraction of sp³-hybridized carbons (Fsp3) is 0.500. The molecule has 1 aliphatic carbocycles. The third-order valence-corrected chi connectivity index (χ3v) is 8.03. The smallest absolute Gasteiger partial charge is 0.305 e. The second-order valence-electron chi connectivity index (χ2n) is 9.72. The Hall–Kier alpha value is -2.75. The van der Waals surface area contributed by atoms with Crippen LogP contribution in [-0.2, 0) is 17.6 Å². The number of fused-ring (bicyclic) bond motifs is 1. The van der Waals surface area contributed by atoms with Crippen LogP contribution in [-0.4, -0.2) is 59.7 Å². The molecule has 1 saturated carbocycles. The highest BCUT2D eigenvalue weighted by molar-refractivity contribution is 7.16. The molecule has 1 heterocycles. The van der Waals surface area contributed by atoms with Crippen molar-refractivity contribution >= 4 is 27.5 Å². The number of phenolic OH excluding ortho intramolecular Hbond substituents is 1. The molecule has 0 atom stereocenters. The van der Waals surface area contributed by atoms with Gasteiger partial charge in [0.15, 0.2) is 0 Å². The zero-order chi connectivity index (χ0) is 26.0. The lowest BCUT2D eigenvalue weighted by molar-refractivity contribution is -0.134. The summed E-state index contributed by atoms with van der Waals surface area (Å²) >= 11 is 1.12. The van der Waals surface area contributed by atoms with Crippen LogP contribution in [0, 0.1) is 5.82 Å². The minimum absolute atomic E-state index is 0.0927. The fourth-order valence-electron chi connectivity index (χ4n) is 5.11. The molecule has 4 N–H and O–H groups in total. The van der Waals surface area contributed by atoms with Crippen molar-refractivity contribution < 1.29 is 14.3 Å². The van der Waals surface area contributed by atoms with Gasteiger partial charge in [-0.15, -0.1) is 0 Å². The van der Waals surface area contributed by atoms with Gasteiger partial charge in [-0.2, -0.15) is 0 Å². The minimum Gasteiger partial charge on any atom is -0.506 e. The average molecular weight is 529 g/mol. The molecule has 9 heteroatoms. The van der Waals surface area contributed by atoms with Crippen molar-refractivity contribution in [2.24, 2.45) is 0 Å². The van der Waals surface area contributed by atoms with E-state index in [1.165, 1.54) is 25.3 Å². The lowest BCUT2D eigenvalue weighted by Gasteiger charge is -2.34. The monoisotopic (exact) mass is 528 g/mol. The van der Waals surface area contributed by atoms with Crippen molar-refractivity contribution in [2.75, 3.05) is 32.7 Å². The van der Waals surface area contributed by atoms with E-state index < -0.39 is 0 Å². The van der Waals surface area contributed by atoms with E-state index in [9.17, 15) is 19.1 Å². The second-order valence-corrected chi connectivity index (χ2v) is 10.7. The zero-order valence-corrected chi connectivity index (χ0v) is 22.0. The maximum atomic E-state index is 13.3. The number of hydrogen-bond acceptors (Lipinski definition) is 6. The normalized spacial score (nSPS) is 14.3. The van der Waals surface area contributed by atoms with Gasteiger partial charge in [0.1, 0.15) is 17.1 Å². The Bertz CT molecular complexity index is 1220. The van der Waals surface area contributed by atoms with Gasteiger partial charge in [-0.1, -0.05) is 48.8 Å². The van der Waals surface area contributed by atoms with Crippen LogP contribution in [0.4, 0.5) is 4.39 Å². The number of halogens is 1. The number of aromatic hydroxyl groups is 1. The Kier molecular flexibility index (Phi) is 10.1. The van der Waals surface area contributed by atoms with Crippen molar-refractivity contribution in [2.45, 2.75) is 57.4 Å². The minimum atomic E-state index is -0.220. The molecular formula is C28H37FN4O3S. The van der Waals surface area contributed by atoms with Crippen molar-refractivity contribution in [3.63, 3.8) is 0 Å². The summed E-state index contributed by atoms with van der Waals surface area (Å²) < 4.78 is 14.1. The van der Waals surface area contributed by atoms with Crippen LogP contribution in [0.15, 0.2) is 41.2 Å². The van der Waals surface area contributed by atoms with Crippen LogP contribution >= 0.6 is 11.3 Å². The van der Waals surface area contributed by atoms with Crippen LogP contribution in [0.1, 0.15) is 49.7 Å². The van der Waals surface area contributed by atoms with Gasteiger partial charge in [-0.25, -0.2) is 4.39 Å². The average Bonchev–Trinajstić information content (AvgIpc) is 3.30. The second kappa shape index (κ2) is 13.7. The number of thiazole rings is 1. The maximum absolute atomic E-state index is 13.3. The Morgan fingerprint density at radius 2 is 1.84 bits per heavy atom. The van der Waals surface area contributed by atoms with Gasteiger partial charge >= 0.3 is 4.87 Å². The number of carbonyl (C=O) groups excluding carboxylic acids is 1. The number of aromatic amines is 1. The molecule has 0 bridgehead atoms. The van der Waals surface area contributed by atoms with Crippen molar-refractivity contribution in [3.05, 3.63) is 63.0 Å². The molecule has 1 aromatic heterocycles. The third kappa shape index (κ3) is 7.87. The lowest BCUT2D eigenvalue weighted by atomic mass is 9.94. The van der Waals surface area contributed by atoms with Gasteiger partial charge in [0, 0.05) is 32.1 Å². The maximum Gasteiger partial charge on any atom is 0.305 e. The molecule has 3 aromatic rings. The van der Waals surface area contributed by atoms with E-state index in [0.717, 1.165) is 59.4 Å². The summed E-state index contributed by atoms with van der Waals surface area (Å²) in [5.74, 6) is 0.0572. The molecule has 7 nitrogen and oxygen atoms in total. The van der Waals surface area contributed by atoms with E-state index in [2.05, 4.69) is 20.5 Å².